The van der Waals surface area contributed by atoms with Gasteiger partial charge in [0.1, 0.15) is 5.58 Å². The maximum Gasteiger partial charge on any atom is 0.375 e. The van der Waals surface area contributed by atoms with Crippen LogP contribution in [0.15, 0.2) is 52.9 Å². The summed E-state index contributed by atoms with van der Waals surface area (Å²) in [5.74, 6) is -0.922. The zero-order chi connectivity index (χ0) is 18.0. The van der Waals surface area contributed by atoms with Crippen LogP contribution in [0.1, 0.15) is 28.6 Å². The summed E-state index contributed by atoms with van der Waals surface area (Å²) in [6.45, 7) is 5.22. The minimum Gasteiger partial charge on any atom is -0.449 e. The third kappa shape index (κ3) is 3.40. The van der Waals surface area contributed by atoms with Crippen molar-refractivity contribution in [3.63, 3.8) is 0 Å². The highest BCUT2D eigenvalue weighted by molar-refractivity contribution is 5.99. The lowest BCUT2D eigenvalue weighted by atomic mass is 10.1. The second-order valence-corrected chi connectivity index (χ2v) is 5.90. The lowest BCUT2D eigenvalue weighted by Gasteiger charge is -2.14. The van der Waals surface area contributed by atoms with Crippen molar-refractivity contribution >= 4 is 28.5 Å². The first-order valence-corrected chi connectivity index (χ1v) is 8.03. The van der Waals surface area contributed by atoms with E-state index in [0.29, 0.717) is 16.8 Å². The molecule has 1 atom stereocenters. The fraction of sp³-hybridized carbons (Fsp3) is 0.200. The Labute approximate surface area is 145 Å². The molecule has 1 aromatic heterocycles. The molecule has 128 valence electrons. The molecule has 0 bridgehead atoms. The van der Waals surface area contributed by atoms with E-state index in [1.165, 1.54) is 6.92 Å². The summed E-state index contributed by atoms with van der Waals surface area (Å²) in [4.78, 5) is 24.6. The molecule has 5 nitrogen and oxygen atoms in total. The number of amides is 1. The van der Waals surface area contributed by atoms with Gasteiger partial charge in [0.15, 0.2) is 6.10 Å². The zero-order valence-electron chi connectivity index (χ0n) is 14.3. The molecule has 0 aliphatic heterocycles. The predicted molar refractivity (Wildman–Crippen MR) is 95.6 cm³/mol. The lowest BCUT2D eigenvalue weighted by Crippen LogP contribution is -2.30. The second-order valence-electron chi connectivity index (χ2n) is 5.90. The van der Waals surface area contributed by atoms with E-state index in [0.717, 1.165) is 10.9 Å². The third-order valence-electron chi connectivity index (χ3n) is 4.09. The topological polar surface area (TPSA) is 68.5 Å². The molecule has 3 rings (SSSR count). The normalized spacial score (nSPS) is 12.0. The molecule has 0 radical (unpaired) electrons. The smallest absolute Gasteiger partial charge is 0.375 e. The van der Waals surface area contributed by atoms with Crippen LogP contribution >= 0.6 is 0 Å². The van der Waals surface area contributed by atoms with Gasteiger partial charge in [-0.1, -0.05) is 36.4 Å². The van der Waals surface area contributed by atoms with Crippen LogP contribution in [0.3, 0.4) is 0 Å². The van der Waals surface area contributed by atoms with Gasteiger partial charge in [0.05, 0.1) is 0 Å². The van der Waals surface area contributed by atoms with Crippen molar-refractivity contribution in [1.29, 1.82) is 0 Å². The van der Waals surface area contributed by atoms with Gasteiger partial charge in [-0.05, 0) is 38.5 Å². The number of carbonyl (C=O) groups is 2. The summed E-state index contributed by atoms with van der Waals surface area (Å²) < 4.78 is 10.8. The highest BCUT2D eigenvalue weighted by Crippen LogP contribution is 2.25. The van der Waals surface area contributed by atoms with Crippen molar-refractivity contribution in [3.05, 3.63) is 65.4 Å². The monoisotopic (exact) mass is 337 g/mol. The first-order chi connectivity index (χ1) is 12.0. The molecule has 1 amide bonds. The number of carbonyl (C=O) groups excluding carboxylic acids is 2. The van der Waals surface area contributed by atoms with Crippen LogP contribution in [0.2, 0.25) is 0 Å². The molecular weight excluding hydrogens is 318 g/mol. The van der Waals surface area contributed by atoms with Crippen LogP contribution in [-0.4, -0.2) is 18.0 Å². The van der Waals surface area contributed by atoms with E-state index in [1.807, 2.05) is 43.3 Å². The minimum atomic E-state index is -0.945. The number of fused-ring (bicyclic) bond motifs is 1. The van der Waals surface area contributed by atoms with Crippen LogP contribution < -0.4 is 5.32 Å². The van der Waals surface area contributed by atoms with Crippen molar-refractivity contribution in [2.75, 3.05) is 5.32 Å². The van der Waals surface area contributed by atoms with E-state index in [4.69, 9.17) is 9.15 Å². The van der Waals surface area contributed by atoms with Gasteiger partial charge in [-0.2, -0.15) is 0 Å². The molecule has 0 fully saturated rings. The molecule has 0 spiro atoms. The number of para-hydroxylation sites is 2. The van der Waals surface area contributed by atoms with Crippen LogP contribution in [0.4, 0.5) is 5.69 Å². The van der Waals surface area contributed by atoms with Gasteiger partial charge in [0.2, 0.25) is 5.76 Å². The molecule has 0 saturated heterocycles. The van der Waals surface area contributed by atoms with E-state index in [9.17, 15) is 9.59 Å². The number of nitrogens with one attached hydrogen (secondary N) is 1. The molecule has 0 aliphatic rings. The molecule has 3 aromatic rings. The molecular formula is C20H19NO4. The fourth-order valence-corrected chi connectivity index (χ4v) is 2.58. The van der Waals surface area contributed by atoms with Crippen molar-refractivity contribution < 1.29 is 18.7 Å². The largest absolute Gasteiger partial charge is 0.449 e. The van der Waals surface area contributed by atoms with Crippen molar-refractivity contribution in [2.24, 2.45) is 0 Å². The standard InChI is InChI=1S/C20H19NO4/c1-12-8-4-6-10-16(12)21-19(22)14(3)24-20(23)18-13(2)15-9-5-7-11-17(15)25-18/h4-11,14H,1-3H3,(H,21,22)/t14-/m1/s1. The van der Waals surface area contributed by atoms with Gasteiger partial charge in [0.25, 0.3) is 5.91 Å². The Morgan fingerprint density at radius 3 is 2.44 bits per heavy atom. The van der Waals surface area contributed by atoms with Gasteiger partial charge in [-0.15, -0.1) is 0 Å². The Balaban J connectivity index is 1.72. The SMILES string of the molecule is Cc1ccccc1NC(=O)[C@@H](C)OC(=O)c1oc2ccccc2c1C. The van der Waals surface area contributed by atoms with Crippen LogP contribution in [0, 0.1) is 13.8 Å². The number of esters is 1. The number of aryl methyl sites for hydroxylation is 2. The van der Waals surface area contributed by atoms with Crippen LogP contribution in [-0.2, 0) is 9.53 Å². The Hall–Kier alpha value is -3.08. The number of anilines is 1. The van der Waals surface area contributed by atoms with Gasteiger partial charge in [-0.3, -0.25) is 4.79 Å². The molecule has 2 aromatic carbocycles. The summed E-state index contributed by atoms with van der Waals surface area (Å²) in [7, 11) is 0. The predicted octanol–water partition coefficient (Wildman–Crippen LogP) is 4.23. The number of furan rings is 1. The summed E-state index contributed by atoms with van der Waals surface area (Å²) in [6.07, 6.45) is -0.945. The van der Waals surface area contributed by atoms with Crippen molar-refractivity contribution in [1.82, 2.24) is 0 Å². The molecule has 0 saturated carbocycles. The van der Waals surface area contributed by atoms with Crippen molar-refractivity contribution in [3.8, 4) is 0 Å². The summed E-state index contributed by atoms with van der Waals surface area (Å²) in [6, 6.07) is 14.8. The Bertz CT molecular complexity index is 942. The number of hydrogen-bond donors (Lipinski definition) is 1. The molecule has 25 heavy (non-hydrogen) atoms. The summed E-state index contributed by atoms with van der Waals surface area (Å²) in [5.41, 5.74) is 2.94. The average molecular weight is 337 g/mol. The first-order valence-electron chi connectivity index (χ1n) is 8.03. The zero-order valence-corrected chi connectivity index (χ0v) is 14.3. The number of rotatable bonds is 4. The summed E-state index contributed by atoms with van der Waals surface area (Å²) in [5, 5.41) is 3.61. The quantitative estimate of drug-likeness (QED) is 0.723. The lowest BCUT2D eigenvalue weighted by molar-refractivity contribution is -0.123. The van der Waals surface area contributed by atoms with E-state index in [2.05, 4.69) is 5.32 Å². The van der Waals surface area contributed by atoms with E-state index in [1.54, 1.807) is 19.1 Å². The Morgan fingerprint density at radius 2 is 1.72 bits per heavy atom. The van der Waals surface area contributed by atoms with Gasteiger partial charge >= 0.3 is 5.97 Å². The maximum atomic E-state index is 12.4. The molecule has 1 heterocycles. The Morgan fingerprint density at radius 1 is 1.04 bits per heavy atom. The molecule has 0 aliphatic carbocycles. The minimum absolute atomic E-state index is 0.122. The Kier molecular flexibility index (Phi) is 4.57. The number of ether oxygens (including phenoxy) is 1. The number of hydrogen-bond acceptors (Lipinski definition) is 4. The number of benzene rings is 2. The summed E-state index contributed by atoms with van der Waals surface area (Å²) >= 11 is 0. The van der Waals surface area contributed by atoms with Crippen LogP contribution in [0.25, 0.3) is 11.0 Å². The van der Waals surface area contributed by atoms with E-state index < -0.39 is 18.0 Å². The van der Waals surface area contributed by atoms with Crippen LogP contribution in [0.5, 0.6) is 0 Å². The van der Waals surface area contributed by atoms with Gasteiger partial charge in [-0.25, -0.2) is 4.79 Å². The molecule has 0 unspecified atom stereocenters. The molecule has 1 N–H and O–H groups in total. The first kappa shape index (κ1) is 16.8. The molecule has 5 heteroatoms. The van der Waals surface area contributed by atoms with Crippen molar-refractivity contribution in [2.45, 2.75) is 26.9 Å². The highest BCUT2D eigenvalue weighted by atomic mass is 16.6. The van der Waals surface area contributed by atoms with Gasteiger partial charge < -0.3 is 14.5 Å². The fourth-order valence-electron chi connectivity index (χ4n) is 2.58. The van der Waals surface area contributed by atoms with E-state index in [-0.39, 0.29) is 5.76 Å². The average Bonchev–Trinajstić information content (AvgIpc) is 2.94. The maximum absolute atomic E-state index is 12.4. The second kappa shape index (κ2) is 6.81. The van der Waals surface area contributed by atoms with Gasteiger partial charge in [0, 0.05) is 16.6 Å². The van der Waals surface area contributed by atoms with E-state index >= 15 is 0 Å². The third-order valence-corrected chi connectivity index (χ3v) is 4.09. The highest BCUT2D eigenvalue weighted by Gasteiger charge is 2.24.